The Bertz CT molecular complexity index is 1530. The predicted octanol–water partition coefficient (Wildman–Crippen LogP) is 5.65. The number of nitrogens with two attached hydrogens (primary N) is 1. The second-order valence-electron chi connectivity index (χ2n) is 13.8. The Hall–Kier alpha value is -4.17. The van der Waals surface area contributed by atoms with Gasteiger partial charge in [-0.05, 0) is 85.4 Å². The van der Waals surface area contributed by atoms with Crippen LogP contribution in [-0.2, 0) is 20.8 Å². The lowest BCUT2D eigenvalue weighted by Gasteiger charge is -2.33. The first-order valence-corrected chi connectivity index (χ1v) is 17.1. The monoisotopic (exact) mass is 638 g/mol. The van der Waals surface area contributed by atoms with E-state index in [4.69, 9.17) is 10.5 Å². The number of amides is 3. The van der Waals surface area contributed by atoms with E-state index in [1.54, 1.807) is 18.7 Å². The lowest BCUT2D eigenvalue weighted by atomic mass is 9.90. The van der Waals surface area contributed by atoms with Crippen LogP contribution in [0.2, 0.25) is 0 Å². The number of ether oxygens (including phenoxy) is 1. The molecule has 2 heterocycles. The maximum absolute atomic E-state index is 13.4. The number of nitrogens with zero attached hydrogens (tertiary/aromatic N) is 2. The number of hydrogen-bond acceptors (Lipinski definition) is 5. The van der Waals surface area contributed by atoms with Crippen molar-refractivity contribution < 1.29 is 19.1 Å². The van der Waals surface area contributed by atoms with E-state index in [2.05, 4.69) is 73.8 Å². The molecule has 3 amide bonds. The second-order valence-corrected chi connectivity index (χ2v) is 13.8. The van der Waals surface area contributed by atoms with Crippen LogP contribution >= 0.6 is 0 Å². The van der Waals surface area contributed by atoms with Crippen molar-refractivity contribution in [3.05, 3.63) is 89.5 Å². The summed E-state index contributed by atoms with van der Waals surface area (Å²) in [6.45, 7) is 10.2. The lowest BCUT2D eigenvalue weighted by molar-refractivity contribution is -0.138. The molecule has 2 aliphatic heterocycles. The summed E-state index contributed by atoms with van der Waals surface area (Å²) in [7, 11) is 0. The van der Waals surface area contributed by atoms with Gasteiger partial charge in [0.1, 0.15) is 5.75 Å². The summed E-state index contributed by atoms with van der Waals surface area (Å²) in [5.41, 5.74) is 10.4. The topological polar surface area (TPSA) is 105 Å². The van der Waals surface area contributed by atoms with E-state index in [1.165, 1.54) is 11.1 Å². The molecule has 0 saturated carbocycles. The summed E-state index contributed by atoms with van der Waals surface area (Å²) >= 11 is 0. The molecule has 2 fully saturated rings. The van der Waals surface area contributed by atoms with E-state index >= 15 is 0 Å². The molecule has 3 N–H and O–H groups in total. The average Bonchev–Trinajstić information content (AvgIpc) is 3.57. The Morgan fingerprint density at radius 1 is 0.915 bits per heavy atom. The van der Waals surface area contributed by atoms with Crippen LogP contribution in [0, 0.1) is 0 Å². The van der Waals surface area contributed by atoms with Gasteiger partial charge in [-0.1, -0.05) is 74.5 Å². The number of carbonyl (C=O) groups excluding carboxylic acids is 3. The first-order valence-electron chi connectivity index (χ1n) is 17.1. The Balaban J connectivity index is 1.14. The zero-order chi connectivity index (χ0) is 33.6. The minimum Gasteiger partial charge on any atom is -0.478 e. The molecule has 2 aliphatic rings. The number of rotatable bonds is 11. The molecule has 2 atom stereocenters. The van der Waals surface area contributed by atoms with E-state index in [9.17, 15) is 14.4 Å². The van der Waals surface area contributed by atoms with Crippen LogP contribution < -0.4 is 15.8 Å². The molecule has 8 nitrogen and oxygen atoms in total. The fourth-order valence-corrected chi connectivity index (χ4v) is 6.69. The molecule has 0 radical (unpaired) electrons. The van der Waals surface area contributed by atoms with Crippen LogP contribution in [0.3, 0.4) is 0 Å². The molecule has 2 saturated heterocycles. The van der Waals surface area contributed by atoms with Gasteiger partial charge in [-0.2, -0.15) is 0 Å². The van der Waals surface area contributed by atoms with Gasteiger partial charge in [0.15, 0.2) is 5.60 Å². The van der Waals surface area contributed by atoms with E-state index in [0.717, 1.165) is 48.9 Å². The first kappa shape index (κ1) is 34.2. The fourth-order valence-electron chi connectivity index (χ4n) is 6.69. The standard InChI is InChI=1S/C39H50N4O4/c1-27(2)29-16-18-31(19-17-29)30-14-12-28(13-15-30)22-36(44)42-20-6-9-33(26-42)32-8-5-11-35(23-32)47-39(3,4)38(46)41-25-37(45)43-21-7-10-34(43)24-40/h5,8,11-19,23,27,33-34H,6-7,9-10,20-22,24-26,40H2,1-4H3,(H,41,46). The van der Waals surface area contributed by atoms with Crippen LogP contribution in [0.15, 0.2) is 72.8 Å². The van der Waals surface area contributed by atoms with Gasteiger partial charge in [0.25, 0.3) is 5.91 Å². The molecular formula is C39H50N4O4. The van der Waals surface area contributed by atoms with Gasteiger partial charge in [-0.25, -0.2) is 0 Å². The molecule has 0 aliphatic carbocycles. The number of hydrogen-bond donors (Lipinski definition) is 2. The molecule has 3 aromatic rings. The van der Waals surface area contributed by atoms with E-state index in [0.29, 0.717) is 37.7 Å². The summed E-state index contributed by atoms with van der Waals surface area (Å²) in [5, 5.41) is 2.76. The molecular weight excluding hydrogens is 588 g/mol. The van der Waals surface area contributed by atoms with Crippen molar-refractivity contribution in [2.75, 3.05) is 32.7 Å². The molecule has 3 aromatic carbocycles. The fraction of sp³-hybridized carbons (Fsp3) is 0.462. The van der Waals surface area contributed by atoms with Gasteiger partial charge in [-0.15, -0.1) is 0 Å². The quantitative estimate of drug-likeness (QED) is 0.283. The Morgan fingerprint density at radius 3 is 2.28 bits per heavy atom. The molecule has 5 rings (SSSR count). The molecule has 250 valence electrons. The maximum atomic E-state index is 13.4. The van der Waals surface area contributed by atoms with Crippen molar-refractivity contribution in [3.8, 4) is 16.9 Å². The van der Waals surface area contributed by atoms with Crippen molar-refractivity contribution in [1.82, 2.24) is 15.1 Å². The predicted molar refractivity (Wildman–Crippen MR) is 186 cm³/mol. The highest BCUT2D eigenvalue weighted by molar-refractivity contribution is 5.89. The average molecular weight is 639 g/mol. The van der Waals surface area contributed by atoms with Crippen molar-refractivity contribution in [3.63, 3.8) is 0 Å². The number of piperidine rings is 1. The van der Waals surface area contributed by atoms with Crippen LogP contribution in [0.1, 0.15) is 81.9 Å². The third-order valence-electron chi connectivity index (χ3n) is 9.61. The van der Waals surface area contributed by atoms with E-state index in [1.807, 2.05) is 23.1 Å². The van der Waals surface area contributed by atoms with Gasteiger partial charge in [0, 0.05) is 38.1 Å². The highest BCUT2D eigenvalue weighted by atomic mass is 16.5. The number of nitrogens with one attached hydrogen (secondary N) is 1. The number of carbonyl (C=O) groups is 3. The SMILES string of the molecule is CC(C)c1ccc(-c2ccc(CC(=O)N3CCCC(c4cccc(OC(C)(C)C(=O)NCC(=O)N5CCCC5CN)c4)C3)cc2)cc1. The third kappa shape index (κ3) is 8.60. The summed E-state index contributed by atoms with van der Waals surface area (Å²) < 4.78 is 6.17. The van der Waals surface area contributed by atoms with Gasteiger partial charge >= 0.3 is 0 Å². The van der Waals surface area contributed by atoms with Gasteiger partial charge in [0.05, 0.1) is 13.0 Å². The van der Waals surface area contributed by atoms with Crippen molar-refractivity contribution in [2.24, 2.45) is 5.73 Å². The summed E-state index contributed by atoms with van der Waals surface area (Å²) in [6, 6.07) is 24.9. The molecule has 8 heteroatoms. The lowest BCUT2D eigenvalue weighted by Crippen LogP contribution is -2.51. The zero-order valence-electron chi connectivity index (χ0n) is 28.3. The number of likely N-dealkylation sites (tertiary alicyclic amines) is 2. The van der Waals surface area contributed by atoms with Crippen molar-refractivity contribution >= 4 is 17.7 Å². The van der Waals surface area contributed by atoms with Crippen LogP contribution in [-0.4, -0.2) is 71.9 Å². The second kappa shape index (κ2) is 15.2. The van der Waals surface area contributed by atoms with Crippen LogP contribution in [0.25, 0.3) is 11.1 Å². The minimum atomic E-state index is -1.18. The van der Waals surface area contributed by atoms with E-state index in [-0.39, 0.29) is 36.2 Å². The Morgan fingerprint density at radius 2 is 1.60 bits per heavy atom. The van der Waals surface area contributed by atoms with Gasteiger partial charge in [-0.3, -0.25) is 14.4 Å². The van der Waals surface area contributed by atoms with Crippen molar-refractivity contribution in [2.45, 2.75) is 83.3 Å². The minimum absolute atomic E-state index is 0.0439. The normalized spacial score (nSPS) is 18.3. The highest BCUT2D eigenvalue weighted by Crippen LogP contribution is 2.31. The summed E-state index contributed by atoms with van der Waals surface area (Å²) in [4.78, 5) is 42.8. The third-order valence-corrected chi connectivity index (χ3v) is 9.61. The zero-order valence-corrected chi connectivity index (χ0v) is 28.3. The Labute approximate surface area is 279 Å². The first-order chi connectivity index (χ1) is 22.5. The van der Waals surface area contributed by atoms with Gasteiger partial charge < -0.3 is 25.6 Å². The smallest absolute Gasteiger partial charge is 0.264 e. The summed E-state index contributed by atoms with van der Waals surface area (Å²) in [6.07, 6.45) is 4.11. The van der Waals surface area contributed by atoms with Crippen LogP contribution in [0.5, 0.6) is 5.75 Å². The molecule has 0 spiro atoms. The Kier molecular flexibility index (Phi) is 11.0. The highest BCUT2D eigenvalue weighted by Gasteiger charge is 2.33. The van der Waals surface area contributed by atoms with E-state index < -0.39 is 5.60 Å². The molecule has 2 unspecified atom stereocenters. The van der Waals surface area contributed by atoms with Gasteiger partial charge in [0.2, 0.25) is 11.8 Å². The molecule has 47 heavy (non-hydrogen) atoms. The largest absolute Gasteiger partial charge is 0.478 e. The molecule has 0 aromatic heterocycles. The summed E-state index contributed by atoms with van der Waals surface area (Å²) in [5.74, 6) is 0.923. The molecule has 0 bridgehead atoms. The maximum Gasteiger partial charge on any atom is 0.264 e. The van der Waals surface area contributed by atoms with Crippen LogP contribution in [0.4, 0.5) is 0 Å². The number of benzene rings is 3. The van der Waals surface area contributed by atoms with Crippen molar-refractivity contribution in [1.29, 1.82) is 0 Å².